The molecule has 1 amide bonds. The number of amides is 1. The Morgan fingerprint density at radius 1 is 1.39 bits per heavy atom. The van der Waals surface area contributed by atoms with Gasteiger partial charge in [-0.25, -0.2) is 0 Å². The van der Waals surface area contributed by atoms with Gasteiger partial charge in [-0.1, -0.05) is 6.07 Å². The average molecular weight is 332 g/mol. The van der Waals surface area contributed by atoms with Crippen molar-refractivity contribution < 1.29 is 4.79 Å². The largest absolute Gasteiger partial charge is 0.348 e. The van der Waals surface area contributed by atoms with Crippen molar-refractivity contribution in [2.45, 2.75) is 45.3 Å². The Kier molecular flexibility index (Phi) is 5.13. The van der Waals surface area contributed by atoms with Crippen molar-refractivity contribution in [3.8, 4) is 0 Å². The molecular weight excluding hydrogens is 308 g/mol. The molecule has 1 saturated heterocycles. The molecule has 0 bridgehead atoms. The number of thiophene rings is 1. The van der Waals surface area contributed by atoms with Crippen molar-refractivity contribution in [2.24, 2.45) is 0 Å². The van der Waals surface area contributed by atoms with Gasteiger partial charge in [-0.15, -0.1) is 11.3 Å². The highest BCUT2D eigenvalue weighted by Gasteiger charge is 2.22. The third-order valence-corrected chi connectivity index (χ3v) is 5.11. The summed E-state index contributed by atoms with van der Waals surface area (Å²) in [4.78, 5) is 16.2. The van der Waals surface area contributed by atoms with Crippen molar-refractivity contribution in [3.05, 3.63) is 40.3 Å². The lowest BCUT2D eigenvalue weighted by Crippen LogP contribution is -2.44. The molecule has 1 N–H and O–H groups in total. The SMILES string of the molecule is CC(C)n1ccc(C(=O)NC2CCN(Cc3cccs3)CC2)n1. The molecule has 0 radical (unpaired) electrons. The minimum Gasteiger partial charge on any atom is -0.348 e. The smallest absolute Gasteiger partial charge is 0.271 e. The van der Waals surface area contributed by atoms with Crippen LogP contribution in [-0.2, 0) is 6.54 Å². The van der Waals surface area contributed by atoms with E-state index >= 15 is 0 Å². The maximum Gasteiger partial charge on any atom is 0.271 e. The van der Waals surface area contributed by atoms with E-state index in [1.807, 2.05) is 22.2 Å². The fourth-order valence-corrected chi connectivity index (χ4v) is 3.61. The maximum absolute atomic E-state index is 12.3. The lowest BCUT2D eigenvalue weighted by molar-refractivity contribution is 0.0903. The standard InChI is InChI=1S/C17H24N4OS/c1-13(2)21-10-7-16(19-21)17(22)18-14-5-8-20(9-6-14)12-15-4-3-11-23-15/h3-4,7,10-11,13-14H,5-6,8-9,12H2,1-2H3,(H,18,22). The van der Waals surface area contributed by atoms with E-state index in [2.05, 4.69) is 46.7 Å². The van der Waals surface area contributed by atoms with Crippen LogP contribution < -0.4 is 5.32 Å². The van der Waals surface area contributed by atoms with Gasteiger partial charge in [0.1, 0.15) is 5.69 Å². The fraction of sp³-hybridized carbons (Fsp3) is 0.529. The van der Waals surface area contributed by atoms with E-state index in [-0.39, 0.29) is 18.0 Å². The molecule has 1 fully saturated rings. The van der Waals surface area contributed by atoms with Crippen LogP contribution >= 0.6 is 11.3 Å². The summed E-state index contributed by atoms with van der Waals surface area (Å²) in [7, 11) is 0. The number of hydrogen-bond acceptors (Lipinski definition) is 4. The predicted octanol–water partition coefficient (Wildman–Crippen LogP) is 2.92. The quantitative estimate of drug-likeness (QED) is 0.916. The van der Waals surface area contributed by atoms with E-state index in [1.54, 1.807) is 6.07 Å². The predicted molar refractivity (Wildman–Crippen MR) is 92.7 cm³/mol. The van der Waals surface area contributed by atoms with E-state index < -0.39 is 0 Å². The van der Waals surface area contributed by atoms with Crippen LogP contribution in [0.5, 0.6) is 0 Å². The van der Waals surface area contributed by atoms with Crippen LogP contribution in [0.1, 0.15) is 48.1 Å². The van der Waals surface area contributed by atoms with Gasteiger partial charge in [0.2, 0.25) is 0 Å². The zero-order chi connectivity index (χ0) is 16.2. The zero-order valence-corrected chi connectivity index (χ0v) is 14.6. The second-order valence-electron chi connectivity index (χ2n) is 6.38. The molecule has 6 heteroatoms. The van der Waals surface area contributed by atoms with Gasteiger partial charge in [0.15, 0.2) is 0 Å². The van der Waals surface area contributed by atoms with Gasteiger partial charge in [0, 0.05) is 42.8 Å². The van der Waals surface area contributed by atoms with Gasteiger partial charge in [0.25, 0.3) is 5.91 Å². The minimum atomic E-state index is -0.0545. The molecule has 0 aliphatic carbocycles. The Bertz CT molecular complexity index is 627. The molecule has 5 nitrogen and oxygen atoms in total. The van der Waals surface area contributed by atoms with Gasteiger partial charge in [-0.05, 0) is 44.2 Å². The molecule has 2 aromatic rings. The van der Waals surface area contributed by atoms with E-state index in [4.69, 9.17) is 0 Å². The average Bonchev–Trinajstić information content (AvgIpc) is 3.20. The molecular formula is C17H24N4OS. The minimum absolute atomic E-state index is 0.0545. The molecule has 0 spiro atoms. The summed E-state index contributed by atoms with van der Waals surface area (Å²) < 4.78 is 1.82. The zero-order valence-electron chi connectivity index (χ0n) is 13.7. The molecule has 23 heavy (non-hydrogen) atoms. The number of nitrogens with zero attached hydrogens (tertiary/aromatic N) is 3. The van der Waals surface area contributed by atoms with Crippen LogP contribution in [0.25, 0.3) is 0 Å². The number of carbonyl (C=O) groups is 1. The Morgan fingerprint density at radius 2 is 2.17 bits per heavy atom. The van der Waals surface area contributed by atoms with Gasteiger partial charge in [-0.3, -0.25) is 14.4 Å². The monoisotopic (exact) mass is 332 g/mol. The van der Waals surface area contributed by atoms with Crippen molar-refractivity contribution in [3.63, 3.8) is 0 Å². The first-order valence-electron chi connectivity index (χ1n) is 8.22. The summed E-state index contributed by atoms with van der Waals surface area (Å²) in [5.74, 6) is -0.0545. The molecule has 3 rings (SSSR count). The molecule has 0 saturated carbocycles. The molecule has 0 atom stereocenters. The summed E-state index contributed by atoms with van der Waals surface area (Å²) in [6.07, 6.45) is 3.87. The van der Waals surface area contributed by atoms with Gasteiger partial charge in [-0.2, -0.15) is 5.10 Å². The summed E-state index contributed by atoms with van der Waals surface area (Å²) in [5, 5.41) is 9.59. The first kappa shape index (κ1) is 16.2. The first-order chi connectivity index (χ1) is 11.1. The number of rotatable bonds is 5. The fourth-order valence-electron chi connectivity index (χ4n) is 2.86. The van der Waals surface area contributed by atoms with E-state index in [0.717, 1.165) is 32.5 Å². The number of nitrogens with one attached hydrogen (secondary N) is 1. The number of carbonyl (C=O) groups excluding carboxylic acids is 1. The van der Waals surface area contributed by atoms with Crippen LogP contribution in [0.2, 0.25) is 0 Å². The maximum atomic E-state index is 12.3. The van der Waals surface area contributed by atoms with Crippen LogP contribution in [-0.4, -0.2) is 39.7 Å². The van der Waals surface area contributed by atoms with Crippen LogP contribution in [0.4, 0.5) is 0 Å². The van der Waals surface area contributed by atoms with E-state index in [9.17, 15) is 4.79 Å². The first-order valence-corrected chi connectivity index (χ1v) is 9.10. The summed E-state index contributed by atoms with van der Waals surface area (Å²) >= 11 is 1.81. The third kappa shape index (κ3) is 4.20. The normalized spacial score (nSPS) is 16.8. The molecule has 1 aliphatic rings. The van der Waals surface area contributed by atoms with E-state index in [0.29, 0.717) is 5.69 Å². The van der Waals surface area contributed by atoms with Crippen LogP contribution in [0.3, 0.4) is 0 Å². The molecule has 124 valence electrons. The molecule has 1 aliphatic heterocycles. The van der Waals surface area contributed by atoms with Crippen molar-refractivity contribution >= 4 is 17.2 Å². The topological polar surface area (TPSA) is 50.2 Å². The Hall–Kier alpha value is -1.66. The molecule has 3 heterocycles. The van der Waals surface area contributed by atoms with Crippen molar-refractivity contribution in [1.29, 1.82) is 0 Å². The molecule has 2 aromatic heterocycles. The molecule has 0 unspecified atom stereocenters. The number of hydrogen-bond donors (Lipinski definition) is 1. The Labute approximate surface area is 141 Å². The van der Waals surface area contributed by atoms with Crippen LogP contribution in [0.15, 0.2) is 29.8 Å². The number of likely N-dealkylation sites (tertiary alicyclic amines) is 1. The van der Waals surface area contributed by atoms with Crippen molar-refractivity contribution in [1.82, 2.24) is 20.0 Å². The van der Waals surface area contributed by atoms with Crippen LogP contribution in [0, 0.1) is 0 Å². The number of aromatic nitrogens is 2. The highest BCUT2D eigenvalue weighted by atomic mass is 32.1. The third-order valence-electron chi connectivity index (χ3n) is 4.25. The molecule has 0 aromatic carbocycles. The Balaban J connectivity index is 1.47. The van der Waals surface area contributed by atoms with Gasteiger partial charge >= 0.3 is 0 Å². The Morgan fingerprint density at radius 3 is 2.78 bits per heavy atom. The highest BCUT2D eigenvalue weighted by molar-refractivity contribution is 7.09. The summed E-state index contributed by atoms with van der Waals surface area (Å²) in [6, 6.07) is 6.61. The van der Waals surface area contributed by atoms with Crippen molar-refractivity contribution in [2.75, 3.05) is 13.1 Å². The second-order valence-corrected chi connectivity index (χ2v) is 7.41. The summed E-state index contributed by atoms with van der Waals surface area (Å²) in [6.45, 7) is 7.19. The summed E-state index contributed by atoms with van der Waals surface area (Å²) in [5.41, 5.74) is 0.514. The van der Waals surface area contributed by atoms with E-state index in [1.165, 1.54) is 4.88 Å². The lowest BCUT2D eigenvalue weighted by atomic mass is 10.0. The second kappa shape index (κ2) is 7.27. The lowest BCUT2D eigenvalue weighted by Gasteiger charge is -2.31. The van der Waals surface area contributed by atoms with Gasteiger partial charge in [0.05, 0.1) is 0 Å². The number of piperidine rings is 1. The highest BCUT2D eigenvalue weighted by Crippen LogP contribution is 2.17. The van der Waals surface area contributed by atoms with Gasteiger partial charge < -0.3 is 5.32 Å².